The molecule has 4 rings (SSSR count). The van der Waals surface area contributed by atoms with Gasteiger partial charge in [-0.2, -0.15) is 5.10 Å². The average molecular weight is 430 g/mol. The number of phenols is 1. The Kier molecular flexibility index (Phi) is 5.28. The summed E-state index contributed by atoms with van der Waals surface area (Å²) in [6.07, 6.45) is 1.87. The summed E-state index contributed by atoms with van der Waals surface area (Å²) in [4.78, 5) is 15.0. The van der Waals surface area contributed by atoms with Crippen molar-refractivity contribution in [3.63, 3.8) is 0 Å². The van der Waals surface area contributed by atoms with Crippen LogP contribution in [0, 0.1) is 6.92 Å². The summed E-state index contributed by atoms with van der Waals surface area (Å²) in [5, 5.41) is 19.0. The van der Waals surface area contributed by atoms with E-state index in [1.807, 2.05) is 36.1 Å². The molecule has 2 N–H and O–H groups in total. The molecule has 0 spiro atoms. The number of unbranched alkanes of at least 4 members (excludes halogenated alkanes) is 1. The van der Waals surface area contributed by atoms with Gasteiger partial charge < -0.3 is 10.0 Å². The fraction of sp³-hybridized carbons (Fsp3) is 0.273. The number of fused-ring (bicyclic) bond motifs is 1. The smallest absolute Gasteiger partial charge is 0.273 e. The monoisotopic (exact) mass is 429 g/mol. The first-order chi connectivity index (χ1) is 13.9. The quantitative estimate of drug-likeness (QED) is 0.542. The lowest BCUT2D eigenvalue weighted by molar-refractivity contribution is 0.0741. The number of H-pyrrole nitrogens is 1. The van der Waals surface area contributed by atoms with Crippen molar-refractivity contribution < 1.29 is 9.90 Å². The molecule has 1 aromatic heterocycles. The predicted octanol–water partition coefficient (Wildman–Crippen LogP) is 5.74. The number of hydrogen-bond acceptors (Lipinski definition) is 3. The molecular formula is C22H21Cl2N3O2. The second-order valence-corrected chi connectivity index (χ2v) is 8.13. The average Bonchev–Trinajstić information content (AvgIpc) is 3.23. The molecule has 1 atom stereocenters. The van der Waals surface area contributed by atoms with E-state index in [4.69, 9.17) is 23.2 Å². The van der Waals surface area contributed by atoms with Gasteiger partial charge in [0, 0.05) is 27.7 Å². The summed E-state index contributed by atoms with van der Waals surface area (Å²) in [5.41, 5.74) is 3.96. The van der Waals surface area contributed by atoms with E-state index < -0.39 is 0 Å². The predicted molar refractivity (Wildman–Crippen MR) is 115 cm³/mol. The molecule has 0 fully saturated rings. The van der Waals surface area contributed by atoms with Gasteiger partial charge in [-0.3, -0.25) is 9.89 Å². The number of halogens is 2. The Morgan fingerprint density at radius 3 is 2.62 bits per heavy atom. The highest BCUT2D eigenvalue weighted by molar-refractivity contribution is 6.31. The highest BCUT2D eigenvalue weighted by Crippen LogP contribution is 2.45. The summed E-state index contributed by atoms with van der Waals surface area (Å²) in [6, 6.07) is 10.5. The van der Waals surface area contributed by atoms with Crippen LogP contribution in [0.1, 0.15) is 53.0 Å². The van der Waals surface area contributed by atoms with Crippen LogP contribution in [-0.2, 0) is 0 Å². The van der Waals surface area contributed by atoms with Gasteiger partial charge in [-0.25, -0.2) is 0 Å². The molecule has 5 nitrogen and oxygen atoms in total. The molecule has 0 saturated carbocycles. The minimum atomic E-state index is -0.311. The summed E-state index contributed by atoms with van der Waals surface area (Å²) in [6.45, 7) is 4.55. The summed E-state index contributed by atoms with van der Waals surface area (Å²) < 4.78 is 0. The molecule has 0 bridgehead atoms. The second kappa shape index (κ2) is 7.73. The van der Waals surface area contributed by atoms with Crippen molar-refractivity contribution in [2.75, 3.05) is 6.54 Å². The second-order valence-electron chi connectivity index (χ2n) is 7.29. The third-order valence-corrected chi connectivity index (χ3v) is 5.99. The summed E-state index contributed by atoms with van der Waals surface area (Å²) in [5.74, 6) is -0.0136. The lowest BCUT2D eigenvalue weighted by Gasteiger charge is -2.26. The number of nitrogens with zero attached hydrogens (tertiary/aromatic N) is 2. The van der Waals surface area contributed by atoms with Crippen LogP contribution in [0.2, 0.25) is 10.0 Å². The van der Waals surface area contributed by atoms with Crippen molar-refractivity contribution in [2.24, 2.45) is 0 Å². The number of aromatic hydroxyl groups is 1. The number of aromatic nitrogens is 2. The maximum atomic E-state index is 13.1. The van der Waals surface area contributed by atoms with E-state index in [1.165, 1.54) is 0 Å². The Morgan fingerprint density at radius 2 is 1.93 bits per heavy atom. The fourth-order valence-electron chi connectivity index (χ4n) is 3.81. The number of aromatic amines is 1. The van der Waals surface area contributed by atoms with Crippen molar-refractivity contribution >= 4 is 29.1 Å². The van der Waals surface area contributed by atoms with Crippen LogP contribution in [0.4, 0.5) is 0 Å². The first kappa shape index (κ1) is 19.8. The fourth-order valence-corrected chi connectivity index (χ4v) is 4.10. The van der Waals surface area contributed by atoms with Crippen molar-refractivity contribution in [2.45, 2.75) is 32.7 Å². The van der Waals surface area contributed by atoms with Crippen molar-refractivity contribution in [3.8, 4) is 17.0 Å². The third kappa shape index (κ3) is 3.38. The molecule has 0 radical (unpaired) electrons. The molecule has 1 aliphatic rings. The molecule has 29 heavy (non-hydrogen) atoms. The summed E-state index contributed by atoms with van der Waals surface area (Å²) >= 11 is 12.4. The Bertz CT molecular complexity index is 1080. The van der Waals surface area contributed by atoms with E-state index >= 15 is 0 Å². The number of amides is 1. The molecule has 1 aliphatic heterocycles. The number of aryl methyl sites for hydroxylation is 1. The van der Waals surface area contributed by atoms with Crippen LogP contribution >= 0.6 is 23.2 Å². The standard InChI is InChI=1S/C22H21Cl2N3O2/c1-3-4-9-27-21(13-5-7-14(23)8-6-13)18-19(25-26-20(18)22(27)29)15-11-16(24)12(2)10-17(15)28/h5-8,10-11,21,28H,3-4,9H2,1-2H3,(H,25,26). The first-order valence-electron chi connectivity index (χ1n) is 9.56. The zero-order valence-corrected chi connectivity index (χ0v) is 17.7. The molecule has 0 saturated heterocycles. The van der Waals surface area contributed by atoms with E-state index in [1.54, 1.807) is 12.1 Å². The molecule has 1 amide bonds. The lowest BCUT2D eigenvalue weighted by atomic mass is 9.95. The van der Waals surface area contributed by atoms with E-state index in [2.05, 4.69) is 17.1 Å². The van der Waals surface area contributed by atoms with Crippen LogP contribution in [0.3, 0.4) is 0 Å². The Labute approximate surface area is 179 Å². The van der Waals surface area contributed by atoms with Gasteiger partial charge in [0.2, 0.25) is 0 Å². The van der Waals surface area contributed by atoms with Crippen molar-refractivity contribution in [1.82, 2.24) is 15.1 Å². The maximum absolute atomic E-state index is 13.1. The van der Waals surface area contributed by atoms with Gasteiger partial charge in [-0.05, 0) is 48.7 Å². The van der Waals surface area contributed by atoms with E-state index in [9.17, 15) is 9.90 Å². The van der Waals surface area contributed by atoms with Crippen LogP contribution in [0.15, 0.2) is 36.4 Å². The topological polar surface area (TPSA) is 69.2 Å². The van der Waals surface area contributed by atoms with Gasteiger partial charge in [0.15, 0.2) is 0 Å². The zero-order chi connectivity index (χ0) is 20.7. The molecule has 7 heteroatoms. The zero-order valence-electron chi connectivity index (χ0n) is 16.2. The Hall–Kier alpha value is -2.50. The van der Waals surface area contributed by atoms with Crippen LogP contribution < -0.4 is 0 Å². The summed E-state index contributed by atoms with van der Waals surface area (Å²) in [7, 11) is 0. The number of nitrogens with one attached hydrogen (secondary N) is 1. The molecule has 150 valence electrons. The number of hydrogen-bond donors (Lipinski definition) is 2. The lowest BCUT2D eigenvalue weighted by Crippen LogP contribution is -2.30. The maximum Gasteiger partial charge on any atom is 0.273 e. The number of benzene rings is 2. The van der Waals surface area contributed by atoms with Crippen molar-refractivity contribution in [3.05, 3.63) is 68.8 Å². The number of rotatable bonds is 5. The van der Waals surface area contributed by atoms with Crippen molar-refractivity contribution in [1.29, 1.82) is 0 Å². The minimum absolute atomic E-state index is 0.0792. The Balaban J connectivity index is 1.89. The van der Waals surface area contributed by atoms with Gasteiger partial charge in [0.05, 0.1) is 6.04 Å². The van der Waals surface area contributed by atoms with Crippen LogP contribution in [0.25, 0.3) is 11.3 Å². The largest absolute Gasteiger partial charge is 0.507 e. The minimum Gasteiger partial charge on any atom is -0.507 e. The van der Waals surface area contributed by atoms with E-state index in [-0.39, 0.29) is 17.7 Å². The molecular weight excluding hydrogens is 409 g/mol. The van der Waals surface area contributed by atoms with E-state index in [0.29, 0.717) is 33.5 Å². The SMILES string of the molecule is CCCCN1C(=O)c2[nH]nc(-c3cc(Cl)c(C)cc3O)c2C1c1ccc(Cl)cc1. The number of phenolic OH excluding ortho intramolecular Hbond substituents is 1. The van der Waals surface area contributed by atoms with Gasteiger partial charge in [0.25, 0.3) is 5.91 Å². The van der Waals surface area contributed by atoms with Crippen LogP contribution in [0.5, 0.6) is 5.75 Å². The highest BCUT2D eigenvalue weighted by Gasteiger charge is 2.42. The van der Waals surface area contributed by atoms with Gasteiger partial charge in [-0.15, -0.1) is 0 Å². The Morgan fingerprint density at radius 1 is 1.21 bits per heavy atom. The first-order valence-corrected chi connectivity index (χ1v) is 10.3. The molecule has 2 aromatic carbocycles. The van der Waals surface area contributed by atoms with E-state index in [0.717, 1.165) is 29.5 Å². The molecule has 3 aromatic rings. The number of carbonyl (C=O) groups is 1. The molecule has 0 aliphatic carbocycles. The number of carbonyl (C=O) groups excluding carboxylic acids is 1. The van der Waals surface area contributed by atoms with Crippen LogP contribution in [-0.4, -0.2) is 32.7 Å². The van der Waals surface area contributed by atoms with Gasteiger partial charge >= 0.3 is 0 Å². The molecule has 1 unspecified atom stereocenters. The van der Waals surface area contributed by atoms with Gasteiger partial charge in [-0.1, -0.05) is 48.7 Å². The third-order valence-electron chi connectivity index (χ3n) is 5.33. The molecule has 2 heterocycles. The normalized spacial score (nSPS) is 15.8. The highest BCUT2D eigenvalue weighted by atomic mass is 35.5. The van der Waals surface area contributed by atoms with Gasteiger partial charge in [0.1, 0.15) is 17.1 Å².